The maximum atomic E-state index is 11.4. The zero-order valence-corrected chi connectivity index (χ0v) is 14.0. The first-order valence-corrected chi connectivity index (χ1v) is 8.06. The number of aliphatic hydroxyl groups is 7. The summed E-state index contributed by atoms with van der Waals surface area (Å²) in [6.07, 6.45) is -13.7. The molecule has 8 N–H and O–H groups in total. The number of hydrogen-bond donors (Lipinski definition) is 8. The molecule has 2 aliphatic heterocycles. The van der Waals surface area contributed by atoms with Gasteiger partial charge in [-0.25, -0.2) is 0 Å². The summed E-state index contributed by atoms with van der Waals surface area (Å²) >= 11 is 0. The average molecular weight is 383 g/mol. The van der Waals surface area contributed by atoms with Gasteiger partial charge in [-0.05, 0) is 0 Å². The van der Waals surface area contributed by atoms with Crippen LogP contribution in [0.15, 0.2) is 0 Å². The summed E-state index contributed by atoms with van der Waals surface area (Å²) in [5.74, 6) is -0.581. The van der Waals surface area contributed by atoms with Crippen molar-refractivity contribution in [2.45, 2.75) is 68.3 Å². The Kier molecular flexibility index (Phi) is 7.27. The van der Waals surface area contributed by atoms with Gasteiger partial charge in [0, 0.05) is 6.92 Å². The predicted molar refractivity (Wildman–Crippen MR) is 80.2 cm³/mol. The van der Waals surface area contributed by atoms with Crippen LogP contribution in [0.1, 0.15) is 6.92 Å². The maximum absolute atomic E-state index is 11.4. The average Bonchev–Trinajstić information content (AvgIpc) is 2.60. The number of amides is 1. The summed E-state index contributed by atoms with van der Waals surface area (Å²) < 4.78 is 15.7. The van der Waals surface area contributed by atoms with E-state index in [1.54, 1.807) is 0 Å². The Morgan fingerprint density at radius 3 is 2.00 bits per heavy atom. The van der Waals surface area contributed by atoms with Gasteiger partial charge in [-0.2, -0.15) is 0 Å². The number of carbonyl (C=O) groups is 1. The van der Waals surface area contributed by atoms with Crippen molar-refractivity contribution in [3.63, 3.8) is 0 Å². The fourth-order valence-corrected chi connectivity index (χ4v) is 2.96. The molecule has 2 rings (SSSR count). The molecule has 2 aliphatic rings. The van der Waals surface area contributed by atoms with Crippen LogP contribution >= 0.6 is 0 Å². The van der Waals surface area contributed by atoms with Crippen molar-refractivity contribution in [1.82, 2.24) is 5.32 Å². The number of aliphatic hydroxyl groups excluding tert-OH is 7. The van der Waals surface area contributed by atoms with Crippen LogP contribution in [0.3, 0.4) is 0 Å². The highest BCUT2D eigenvalue weighted by Crippen LogP contribution is 2.28. The maximum Gasteiger partial charge on any atom is 0.217 e. The minimum absolute atomic E-state index is 0.581. The van der Waals surface area contributed by atoms with E-state index in [-0.39, 0.29) is 0 Å². The normalized spacial score (nSPS) is 46.8. The third-order valence-corrected chi connectivity index (χ3v) is 4.38. The van der Waals surface area contributed by atoms with Crippen molar-refractivity contribution in [1.29, 1.82) is 0 Å². The van der Waals surface area contributed by atoms with Gasteiger partial charge in [0.2, 0.25) is 5.91 Å². The Morgan fingerprint density at radius 1 is 0.923 bits per heavy atom. The third kappa shape index (κ3) is 4.31. The summed E-state index contributed by atoms with van der Waals surface area (Å²) in [7, 11) is 0. The summed E-state index contributed by atoms with van der Waals surface area (Å²) in [6.45, 7) is -0.183. The highest BCUT2D eigenvalue weighted by atomic mass is 16.7. The summed E-state index contributed by atoms with van der Waals surface area (Å²) in [6, 6.07) is -1.29. The summed E-state index contributed by atoms with van der Waals surface area (Å²) in [5, 5.41) is 70.7. The van der Waals surface area contributed by atoms with Gasteiger partial charge in [-0.15, -0.1) is 0 Å². The van der Waals surface area contributed by atoms with Crippen molar-refractivity contribution in [2.75, 3.05) is 13.2 Å². The van der Waals surface area contributed by atoms with Crippen molar-refractivity contribution >= 4 is 5.91 Å². The topological polar surface area (TPSA) is 198 Å². The van der Waals surface area contributed by atoms with Crippen molar-refractivity contribution in [3.05, 3.63) is 0 Å². The molecule has 0 radical (unpaired) electrons. The molecule has 10 atom stereocenters. The van der Waals surface area contributed by atoms with Crippen molar-refractivity contribution in [2.24, 2.45) is 0 Å². The number of hydrogen-bond acceptors (Lipinski definition) is 11. The lowest BCUT2D eigenvalue weighted by Crippen LogP contribution is -2.67. The zero-order chi connectivity index (χ0) is 19.6. The van der Waals surface area contributed by atoms with E-state index in [4.69, 9.17) is 19.3 Å². The Hall–Kier alpha value is -0.930. The van der Waals surface area contributed by atoms with Gasteiger partial charge in [-0.3, -0.25) is 4.79 Å². The molecule has 0 aromatic heterocycles. The van der Waals surface area contributed by atoms with Crippen LogP contribution in [0.2, 0.25) is 0 Å². The second-order valence-electron chi connectivity index (χ2n) is 6.26. The molecule has 2 heterocycles. The van der Waals surface area contributed by atoms with E-state index >= 15 is 0 Å². The predicted octanol–water partition coefficient (Wildman–Crippen LogP) is -5.25. The summed E-state index contributed by atoms with van der Waals surface area (Å²) in [4.78, 5) is 11.4. The fraction of sp³-hybridized carbons (Fsp3) is 0.929. The highest BCUT2D eigenvalue weighted by Gasteiger charge is 2.50. The molecule has 0 aromatic carbocycles. The van der Waals surface area contributed by atoms with E-state index in [1.807, 2.05) is 0 Å². The molecule has 0 aromatic rings. The van der Waals surface area contributed by atoms with Crippen LogP contribution in [-0.4, -0.2) is 116 Å². The van der Waals surface area contributed by atoms with E-state index in [1.165, 1.54) is 0 Å². The molecule has 1 amide bonds. The van der Waals surface area contributed by atoms with Crippen LogP contribution in [0, 0.1) is 0 Å². The minimum atomic E-state index is -1.76. The Morgan fingerprint density at radius 2 is 1.46 bits per heavy atom. The Balaban J connectivity index is 2.18. The molecule has 0 saturated carbocycles. The van der Waals surface area contributed by atoms with Crippen LogP contribution in [0.25, 0.3) is 0 Å². The lowest BCUT2D eigenvalue weighted by Gasteiger charge is -2.46. The van der Waals surface area contributed by atoms with Gasteiger partial charge in [0.15, 0.2) is 12.6 Å². The van der Waals surface area contributed by atoms with E-state index in [0.29, 0.717) is 0 Å². The van der Waals surface area contributed by atoms with E-state index in [2.05, 4.69) is 5.32 Å². The van der Waals surface area contributed by atoms with Gasteiger partial charge in [0.25, 0.3) is 0 Å². The molecule has 2 saturated heterocycles. The van der Waals surface area contributed by atoms with Gasteiger partial charge < -0.3 is 55.3 Å². The Labute approximate surface area is 148 Å². The molecular weight excluding hydrogens is 358 g/mol. The molecule has 0 bridgehead atoms. The number of rotatable bonds is 5. The smallest absolute Gasteiger partial charge is 0.217 e. The number of ether oxygens (including phenoxy) is 3. The van der Waals surface area contributed by atoms with Crippen molar-refractivity contribution in [3.8, 4) is 0 Å². The molecule has 12 nitrogen and oxygen atoms in total. The molecule has 0 aliphatic carbocycles. The zero-order valence-electron chi connectivity index (χ0n) is 14.0. The highest BCUT2D eigenvalue weighted by molar-refractivity contribution is 5.73. The van der Waals surface area contributed by atoms with Crippen molar-refractivity contribution < 1.29 is 54.8 Å². The number of carbonyl (C=O) groups excluding carboxylic acids is 1. The van der Waals surface area contributed by atoms with Crippen LogP contribution in [-0.2, 0) is 19.0 Å². The molecule has 152 valence electrons. The third-order valence-electron chi connectivity index (χ3n) is 4.38. The molecular formula is C14H25NO11. The first kappa shape index (κ1) is 21.4. The minimum Gasteiger partial charge on any atom is -0.394 e. The standard InChI is InChI=1S/C14H25NO11/c1-4(18)15-7-10(21)8(19)6(3-17)25-14(7)26-12-11(22)9(20)5(2-16)24-13(12)23/h5-14,16-17,19-23H,2-3H2,1H3,(H,15,18)/t5-,6-,7-,8+,9+,10-,11+,12-,13?,14-/m1/s1. The van der Waals surface area contributed by atoms with Gasteiger partial charge in [0.05, 0.1) is 13.2 Å². The molecule has 0 spiro atoms. The first-order valence-electron chi connectivity index (χ1n) is 8.06. The lowest BCUT2D eigenvalue weighted by atomic mass is 9.96. The van der Waals surface area contributed by atoms with Gasteiger partial charge >= 0.3 is 0 Å². The first-order chi connectivity index (χ1) is 12.2. The van der Waals surface area contributed by atoms with Crippen LogP contribution in [0.4, 0.5) is 0 Å². The van der Waals surface area contributed by atoms with E-state index in [0.717, 1.165) is 6.92 Å². The largest absolute Gasteiger partial charge is 0.394 e. The summed E-state index contributed by atoms with van der Waals surface area (Å²) in [5.41, 5.74) is 0. The van der Waals surface area contributed by atoms with E-state index < -0.39 is 80.5 Å². The molecule has 26 heavy (non-hydrogen) atoms. The van der Waals surface area contributed by atoms with E-state index in [9.17, 15) is 35.4 Å². The fourth-order valence-electron chi connectivity index (χ4n) is 2.96. The second kappa shape index (κ2) is 8.84. The molecule has 1 unspecified atom stereocenters. The molecule has 12 heteroatoms. The van der Waals surface area contributed by atoms with Gasteiger partial charge in [0.1, 0.15) is 48.8 Å². The second-order valence-corrected chi connectivity index (χ2v) is 6.26. The molecule has 2 fully saturated rings. The van der Waals surface area contributed by atoms with Crippen LogP contribution < -0.4 is 5.32 Å². The lowest BCUT2D eigenvalue weighted by molar-refractivity contribution is -0.348. The SMILES string of the molecule is CC(=O)N[C@H]1[C@@H](O[C@H]2C(O)O[C@H](CO)[C@H](O)[C@@H]2O)O[C@H](CO)[C@H](O)[C@@H]1O. The Bertz CT molecular complexity index is 480. The van der Waals surface area contributed by atoms with Gasteiger partial charge in [-0.1, -0.05) is 0 Å². The number of nitrogens with one attached hydrogen (secondary N) is 1. The van der Waals surface area contributed by atoms with Crippen LogP contribution in [0.5, 0.6) is 0 Å². The quantitative estimate of drug-likeness (QED) is 0.226. The monoisotopic (exact) mass is 383 g/mol.